The zero-order chi connectivity index (χ0) is 40.4. The molecule has 57 heavy (non-hydrogen) atoms. The van der Waals surface area contributed by atoms with Crippen molar-refractivity contribution in [1.82, 2.24) is 19.1 Å². The van der Waals surface area contributed by atoms with E-state index in [0.717, 1.165) is 56.2 Å². The Morgan fingerprint density at radius 2 is 1.23 bits per heavy atom. The highest BCUT2D eigenvalue weighted by Crippen LogP contribution is 2.40. The summed E-state index contributed by atoms with van der Waals surface area (Å²) in [5, 5.41) is 2.33. The highest BCUT2D eigenvalue weighted by Gasteiger charge is 2.24. The molecule has 0 aliphatic carbocycles. The summed E-state index contributed by atoms with van der Waals surface area (Å²) in [6.07, 6.45) is 6.09. The van der Waals surface area contributed by atoms with Crippen LogP contribution in [0.3, 0.4) is 0 Å². The van der Waals surface area contributed by atoms with Crippen molar-refractivity contribution < 1.29 is 4.74 Å². The maximum absolute atomic E-state index is 6.82. The third kappa shape index (κ3) is 7.28. The monoisotopic (exact) mass is 750 g/mol. The van der Waals surface area contributed by atoms with Crippen molar-refractivity contribution in [2.24, 2.45) is 0 Å². The molecule has 0 N–H and O–H groups in total. The molecule has 0 atom stereocenters. The number of aromatic nitrogens is 4. The van der Waals surface area contributed by atoms with Gasteiger partial charge in [0.25, 0.3) is 0 Å². The minimum absolute atomic E-state index is 0.0926. The van der Waals surface area contributed by atoms with Crippen molar-refractivity contribution in [3.63, 3.8) is 0 Å². The van der Waals surface area contributed by atoms with Crippen molar-refractivity contribution in [2.75, 3.05) is 0 Å². The SMILES string of the molecule is Cc1cccc(C)c1-n1cnc(-c2cc(Oc3ccc4c5ccccc5n(-c5cc(C(C)(C)C)c(-c6ccc(C(C)(C)C)cc6)cn5)c4c3)cc(C(C)(C)C)c2)c1. The molecule has 0 bridgehead atoms. The molecule has 0 aliphatic heterocycles. The number of nitrogens with zero attached hydrogens (tertiary/aromatic N) is 4. The molecule has 8 rings (SSSR count). The van der Waals surface area contributed by atoms with Crippen LogP contribution in [0.25, 0.3) is 55.7 Å². The number of ether oxygens (including phenoxy) is 1. The molecule has 0 saturated carbocycles. The van der Waals surface area contributed by atoms with Gasteiger partial charge in [-0.3, -0.25) is 4.57 Å². The average Bonchev–Trinajstić information content (AvgIpc) is 3.77. The van der Waals surface area contributed by atoms with E-state index < -0.39 is 0 Å². The summed E-state index contributed by atoms with van der Waals surface area (Å²) in [7, 11) is 0. The van der Waals surface area contributed by atoms with Crippen LogP contribution >= 0.6 is 0 Å². The van der Waals surface area contributed by atoms with Crippen molar-refractivity contribution in [1.29, 1.82) is 0 Å². The molecule has 0 saturated heterocycles. The number of para-hydroxylation sites is 2. The molecule has 0 aliphatic rings. The van der Waals surface area contributed by atoms with E-state index in [-0.39, 0.29) is 16.2 Å². The van der Waals surface area contributed by atoms with Crippen LogP contribution in [0.15, 0.2) is 128 Å². The lowest BCUT2D eigenvalue weighted by atomic mass is 9.81. The summed E-state index contributed by atoms with van der Waals surface area (Å²) in [6.45, 7) is 24.6. The molecule has 5 heteroatoms. The predicted octanol–water partition coefficient (Wildman–Crippen LogP) is 14.0. The summed E-state index contributed by atoms with van der Waals surface area (Å²) < 4.78 is 11.2. The second-order valence-corrected chi connectivity index (χ2v) is 18.7. The first-order valence-electron chi connectivity index (χ1n) is 20.1. The summed E-state index contributed by atoms with van der Waals surface area (Å²) in [5.41, 5.74) is 13.6. The Morgan fingerprint density at radius 1 is 0.544 bits per heavy atom. The Hall–Kier alpha value is -5.94. The van der Waals surface area contributed by atoms with Crippen molar-refractivity contribution in [2.45, 2.75) is 92.4 Å². The van der Waals surface area contributed by atoms with E-state index in [4.69, 9.17) is 14.7 Å². The van der Waals surface area contributed by atoms with E-state index in [9.17, 15) is 0 Å². The van der Waals surface area contributed by atoms with Crippen LogP contribution in [0.2, 0.25) is 0 Å². The number of fused-ring (bicyclic) bond motifs is 3. The molecule has 5 nitrogen and oxygen atoms in total. The number of hydrogen-bond acceptors (Lipinski definition) is 3. The average molecular weight is 751 g/mol. The van der Waals surface area contributed by atoms with Crippen LogP contribution in [0.4, 0.5) is 0 Å². The molecule has 0 fully saturated rings. The van der Waals surface area contributed by atoms with Crippen molar-refractivity contribution in [3.05, 3.63) is 156 Å². The fourth-order valence-corrected chi connectivity index (χ4v) is 8.01. The fraction of sp³-hybridized carbons (Fsp3) is 0.269. The lowest BCUT2D eigenvalue weighted by molar-refractivity contribution is 0.479. The first-order valence-corrected chi connectivity index (χ1v) is 20.1. The lowest BCUT2D eigenvalue weighted by Crippen LogP contribution is -2.15. The molecule has 0 spiro atoms. The first kappa shape index (κ1) is 38.0. The van der Waals surface area contributed by atoms with Crippen LogP contribution in [-0.4, -0.2) is 19.1 Å². The van der Waals surface area contributed by atoms with E-state index in [0.29, 0.717) is 0 Å². The molecule has 0 unspecified atom stereocenters. The standard InChI is InChI=1S/C52H54N4O/c1-33-15-14-16-34(2)49(33)55-31-45(54-32-55)36-25-38(51(6,7)8)27-40(26-36)57-39-23-24-42-41-17-12-13-18-46(41)56(47(42)28-39)48-29-44(52(9,10)11)43(30-53-48)35-19-21-37(22-20-35)50(3,4)5/h12-32H,1-11H3. The van der Waals surface area contributed by atoms with Gasteiger partial charge in [0.1, 0.15) is 17.3 Å². The second kappa shape index (κ2) is 13.9. The number of pyridine rings is 1. The maximum Gasteiger partial charge on any atom is 0.137 e. The Kier molecular flexibility index (Phi) is 9.27. The van der Waals surface area contributed by atoms with Gasteiger partial charge in [-0.15, -0.1) is 0 Å². The topological polar surface area (TPSA) is 44.9 Å². The van der Waals surface area contributed by atoms with Gasteiger partial charge in [0.2, 0.25) is 0 Å². The Morgan fingerprint density at radius 3 is 1.91 bits per heavy atom. The van der Waals surface area contributed by atoms with Gasteiger partial charge in [0.15, 0.2) is 0 Å². The Balaban J connectivity index is 1.22. The largest absolute Gasteiger partial charge is 0.457 e. The second-order valence-electron chi connectivity index (χ2n) is 18.7. The maximum atomic E-state index is 6.82. The summed E-state index contributed by atoms with van der Waals surface area (Å²) in [4.78, 5) is 10.1. The third-order valence-electron chi connectivity index (χ3n) is 11.2. The van der Waals surface area contributed by atoms with Gasteiger partial charge in [-0.1, -0.05) is 123 Å². The number of aryl methyl sites for hydroxylation is 2. The molecule has 5 aromatic carbocycles. The summed E-state index contributed by atoms with van der Waals surface area (Å²) >= 11 is 0. The van der Waals surface area contributed by atoms with Crippen molar-refractivity contribution in [3.8, 4) is 45.4 Å². The summed E-state index contributed by atoms with van der Waals surface area (Å²) in [5.74, 6) is 2.42. The zero-order valence-corrected chi connectivity index (χ0v) is 35.3. The normalized spacial score (nSPS) is 12.5. The van der Waals surface area contributed by atoms with Gasteiger partial charge < -0.3 is 9.30 Å². The van der Waals surface area contributed by atoms with E-state index >= 15 is 0 Å². The zero-order valence-electron chi connectivity index (χ0n) is 35.3. The predicted molar refractivity (Wildman–Crippen MR) is 239 cm³/mol. The third-order valence-corrected chi connectivity index (χ3v) is 11.2. The number of imidazole rings is 1. The van der Waals surface area contributed by atoms with Gasteiger partial charge in [-0.2, -0.15) is 0 Å². The quantitative estimate of drug-likeness (QED) is 0.170. The van der Waals surface area contributed by atoms with E-state index in [1.54, 1.807) is 0 Å². The molecule has 0 radical (unpaired) electrons. The molecule has 3 heterocycles. The summed E-state index contributed by atoms with van der Waals surface area (Å²) in [6, 6.07) is 39.2. The lowest BCUT2D eigenvalue weighted by Gasteiger charge is -2.25. The Bertz CT molecular complexity index is 2760. The van der Waals surface area contributed by atoms with Crippen LogP contribution < -0.4 is 4.74 Å². The van der Waals surface area contributed by atoms with Gasteiger partial charge in [-0.25, -0.2) is 9.97 Å². The van der Waals surface area contributed by atoms with Gasteiger partial charge in [0, 0.05) is 40.4 Å². The van der Waals surface area contributed by atoms with Crippen LogP contribution in [0, 0.1) is 13.8 Å². The minimum Gasteiger partial charge on any atom is -0.457 e. The number of benzene rings is 5. The van der Waals surface area contributed by atoms with Crippen LogP contribution in [-0.2, 0) is 16.2 Å². The van der Waals surface area contributed by atoms with Gasteiger partial charge >= 0.3 is 0 Å². The molecule has 8 aromatic rings. The van der Waals surface area contributed by atoms with Crippen LogP contribution in [0.5, 0.6) is 11.5 Å². The highest BCUT2D eigenvalue weighted by molar-refractivity contribution is 6.09. The smallest absolute Gasteiger partial charge is 0.137 e. The van der Waals surface area contributed by atoms with E-state index in [1.165, 1.54) is 38.8 Å². The van der Waals surface area contributed by atoms with E-state index in [2.05, 4.69) is 207 Å². The molecular weight excluding hydrogens is 697 g/mol. The van der Waals surface area contributed by atoms with Gasteiger partial charge in [-0.05, 0) is 106 Å². The molecular formula is C52H54N4O. The van der Waals surface area contributed by atoms with Gasteiger partial charge in [0.05, 0.1) is 28.7 Å². The minimum atomic E-state index is -0.118. The van der Waals surface area contributed by atoms with Crippen molar-refractivity contribution >= 4 is 21.8 Å². The molecule has 288 valence electrons. The first-order chi connectivity index (χ1) is 27.0. The number of hydrogen-bond donors (Lipinski definition) is 0. The highest BCUT2D eigenvalue weighted by atomic mass is 16.5. The molecule has 3 aromatic heterocycles. The fourth-order valence-electron chi connectivity index (χ4n) is 8.01. The van der Waals surface area contributed by atoms with E-state index in [1.807, 2.05) is 6.33 Å². The number of rotatable bonds is 6. The van der Waals surface area contributed by atoms with Crippen LogP contribution in [0.1, 0.15) is 90.1 Å². The molecule has 0 amide bonds. The Labute approximate surface area is 338 Å².